The molecule has 2 amide bonds. The molecule has 3 aliphatic rings. The molecule has 0 aromatic heterocycles. The summed E-state index contributed by atoms with van der Waals surface area (Å²) in [4.78, 5) is 28.2. The summed E-state index contributed by atoms with van der Waals surface area (Å²) < 4.78 is 14.7. The first-order chi connectivity index (χ1) is 13.0. The molecule has 1 aromatic carbocycles. The molecular weight excluding hydrogens is 349 g/mol. The minimum Gasteiger partial charge on any atom is -0.336 e. The molecule has 6 nitrogen and oxygen atoms in total. The largest absolute Gasteiger partial charge is 0.336 e. The number of fused-ring (bicyclic) bond motifs is 1. The van der Waals surface area contributed by atoms with Gasteiger partial charge in [-0.3, -0.25) is 19.7 Å². The molecular formula is C20H26FN3O3. The number of benzene rings is 1. The van der Waals surface area contributed by atoms with Crippen LogP contribution in [-0.4, -0.2) is 51.5 Å². The van der Waals surface area contributed by atoms with Gasteiger partial charge >= 0.3 is 0 Å². The highest BCUT2D eigenvalue weighted by atomic mass is 19.1. The first-order valence-electron chi connectivity index (χ1n) is 9.74. The first kappa shape index (κ1) is 18.4. The zero-order chi connectivity index (χ0) is 19.2. The van der Waals surface area contributed by atoms with Crippen LogP contribution >= 0.6 is 0 Å². The second-order valence-electron chi connectivity index (χ2n) is 8.04. The molecule has 0 bridgehead atoms. The summed E-state index contributed by atoms with van der Waals surface area (Å²) in [6.45, 7) is 3.76. The second kappa shape index (κ2) is 6.87. The summed E-state index contributed by atoms with van der Waals surface area (Å²) in [5, 5.41) is 8.79. The standard InChI is InChI=1S/C20H26FN3O3/c1-13(25)24-8-3-2-6-20(24)7-4-18(20)23-9-5-14-10-15(19(26)22-27)11-17(21)16(14)12-23/h10-11,18,27H,2-9,12H2,1H3,(H,22,26)/t18-,20-/m0/s1. The van der Waals surface area contributed by atoms with Gasteiger partial charge in [0.1, 0.15) is 5.82 Å². The lowest BCUT2D eigenvalue weighted by atomic mass is 9.64. The van der Waals surface area contributed by atoms with E-state index < -0.39 is 11.7 Å². The maximum absolute atomic E-state index is 14.7. The van der Waals surface area contributed by atoms with Gasteiger partial charge in [-0.15, -0.1) is 0 Å². The van der Waals surface area contributed by atoms with E-state index in [0.717, 1.165) is 50.8 Å². The van der Waals surface area contributed by atoms with Crippen molar-refractivity contribution in [1.29, 1.82) is 0 Å². The lowest BCUT2D eigenvalue weighted by Gasteiger charge is -2.61. The summed E-state index contributed by atoms with van der Waals surface area (Å²) in [5.41, 5.74) is 3.06. The third kappa shape index (κ3) is 2.93. The highest BCUT2D eigenvalue weighted by molar-refractivity contribution is 5.93. The van der Waals surface area contributed by atoms with Crippen molar-refractivity contribution in [3.63, 3.8) is 0 Å². The smallest absolute Gasteiger partial charge is 0.274 e. The number of hydrogen-bond donors (Lipinski definition) is 2. The minimum atomic E-state index is -0.698. The normalized spacial score (nSPS) is 27.8. The molecule has 1 saturated carbocycles. The number of hydroxylamine groups is 1. The third-order valence-electron chi connectivity index (χ3n) is 6.75. The second-order valence-corrected chi connectivity index (χ2v) is 8.04. The van der Waals surface area contributed by atoms with Gasteiger partial charge in [-0.05, 0) is 56.2 Å². The number of amides is 2. The Labute approximate surface area is 158 Å². The van der Waals surface area contributed by atoms with Crippen LogP contribution in [-0.2, 0) is 17.8 Å². The molecule has 1 saturated heterocycles. The summed E-state index contributed by atoms with van der Waals surface area (Å²) in [6, 6.07) is 3.13. The topological polar surface area (TPSA) is 72.9 Å². The van der Waals surface area contributed by atoms with E-state index in [1.807, 2.05) is 0 Å². The van der Waals surface area contributed by atoms with Crippen LogP contribution in [0, 0.1) is 5.82 Å². The molecule has 1 aliphatic carbocycles. The molecule has 146 valence electrons. The van der Waals surface area contributed by atoms with Crippen molar-refractivity contribution >= 4 is 11.8 Å². The van der Waals surface area contributed by atoms with E-state index in [-0.39, 0.29) is 23.1 Å². The molecule has 7 heteroatoms. The van der Waals surface area contributed by atoms with Gasteiger partial charge in [0, 0.05) is 43.7 Å². The SMILES string of the molecule is CC(=O)N1CCCC[C@@]12CC[C@@H]2N1CCc2cc(C(=O)NO)cc(F)c2C1. The number of hydrogen-bond acceptors (Lipinski definition) is 4. The Balaban J connectivity index is 1.58. The van der Waals surface area contributed by atoms with Gasteiger partial charge in [0.2, 0.25) is 5.91 Å². The average molecular weight is 375 g/mol. The molecule has 1 spiro atoms. The fraction of sp³-hybridized carbons (Fsp3) is 0.600. The zero-order valence-corrected chi connectivity index (χ0v) is 15.6. The fourth-order valence-corrected chi connectivity index (χ4v) is 5.37. The maximum Gasteiger partial charge on any atom is 0.274 e. The van der Waals surface area contributed by atoms with E-state index in [1.54, 1.807) is 18.5 Å². The summed E-state index contributed by atoms with van der Waals surface area (Å²) in [5.74, 6) is -0.963. The zero-order valence-electron chi connectivity index (χ0n) is 15.6. The van der Waals surface area contributed by atoms with Crippen LogP contribution in [0.15, 0.2) is 12.1 Å². The molecule has 4 rings (SSSR count). The van der Waals surface area contributed by atoms with Gasteiger partial charge in [-0.2, -0.15) is 0 Å². The summed E-state index contributed by atoms with van der Waals surface area (Å²) in [6.07, 6.45) is 5.94. The number of nitrogens with one attached hydrogen (secondary N) is 1. The number of halogens is 1. The Bertz CT molecular complexity index is 784. The van der Waals surface area contributed by atoms with Gasteiger partial charge in [-0.1, -0.05) is 0 Å². The monoisotopic (exact) mass is 375 g/mol. The summed E-state index contributed by atoms with van der Waals surface area (Å²) >= 11 is 0. The van der Waals surface area contributed by atoms with E-state index in [4.69, 9.17) is 5.21 Å². The van der Waals surface area contributed by atoms with Crippen LogP contribution in [0.25, 0.3) is 0 Å². The third-order valence-corrected chi connectivity index (χ3v) is 6.75. The Morgan fingerprint density at radius 2 is 2.07 bits per heavy atom. The van der Waals surface area contributed by atoms with Crippen LogP contribution in [0.1, 0.15) is 60.5 Å². The highest BCUT2D eigenvalue weighted by Gasteiger charge is 2.55. The van der Waals surface area contributed by atoms with Crippen LogP contribution in [0.2, 0.25) is 0 Å². The molecule has 0 unspecified atom stereocenters. The van der Waals surface area contributed by atoms with Crippen LogP contribution in [0.5, 0.6) is 0 Å². The van der Waals surface area contributed by atoms with Gasteiger partial charge in [0.15, 0.2) is 0 Å². The molecule has 27 heavy (non-hydrogen) atoms. The van der Waals surface area contributed by atoms with Crippen molar-refractivity contribution in [3.05, 3.63) is 34.6 Å². The quantitative estimate of drug-likeness (QED) is 0.614. The minimum absolute atomic E-state index is 0.0885. The molecule has 2 atom stereocenters. The Hall–Kier alpha value is -1.99. The van der Waals surface area contributed by atoms with Gasteiger partial charge < -0.3 is 4.90 Å². The van der Waals surface area contributed by atoms with E-state index in [9.17, 15) is 14.0 Å². The van der Waals surface area contributed by atoms with Crippen LogP contribution in [0.3, 0.4) is 0 Å². The van der Waals surface area contributed by atoms with Crippen LogP contribution in [0.4, 0.5) is 4.39 Å². The molecule has 2 heterocycles. The number of carbonyl (C=O) groups is 2. The Morgan fingerprint density at radius 1 is 1.26 bits per heavy atom. The average Bonchev–Trinajstić information content (AvgIpc) is 2.66. The molecule has 0 radical (unpaired) electrons. The van der Waals surface area contributed by atoms with Crippen molar-refractivity contribution in [3.8, 4) is 0 Å². The molecule has 2 N–H and O–H groups in total. The van der Waals surface area contributed by atoms with Crippen LogP contribution < -0.4 is 5.48 Å². The number of likely N-dealkylation sites (tertiary alicyclic amines) is 1. The number of piperidine rings is 1. The van der Waals surface area contributed by atoms with E-state index in [0.29, 0.717) is 18.5 Å². The van der Waals surface area contributed by atoms with Crippen molar-refractivity contribution in [2.45, 2.75) is 63.6 Å². The van der Waals surface area contributed by atoms with E-state index in [2.05, 4.69) is 9.80 Å². The number of nitrogens with zero attached hydrogens (tertiary/aromatic N) is 2. The lowest BCUT2D eigenvalue weighted by Crippen LogP contribution is -2.71. The van der Waals surface area contributed by atoms with Crippen molar-refractivity contribution in [2.75, 3.05) is 13.1 Å². The predicted octanol–water partition coefficient (Wildman–Crippen LogP) is 2.24. The molecule has 1 aromatic rings. The number of carbonyl (C=O) groups excluding carboxylic acids is 2. The van der Waals surface area contributed by atoms with E-state index in [1.165, 1.54) is 6.07 Å². The Kier molecular flexibility index (Phi) is 4.68. The highest BCUT2D eigenvalue weighted by Crippen LogP contribution is 2.48. The predicted molar refractivity (Wildman–Crippen MR) is 96.8 cm³/mol. The van der Waals surface area contributed by atoms with Gasteiger partial charge in [0.25, 0.3) is 5.91 Å². The van der Waals surface area contributed by atoms with Crippen molar-refractivity contribution in [1.82, 2.24) is 15.3 Å². The van der Waals surface area contributed by atoms with Gasteiger partial charge in [0.05, 0.1) is 5.54 Å². The van der Waals surface area contributed by atoms with Gasteiger partial charge in [-0.25, -0.2) is 9.87 Å². The molecule has 2 fully saturated rings. The number of rotatable bonds is 2. The first-order valence-corrected chi connectivity index (χ1v) is 9.74. The lowest BCUT2D eigenvalue weighted by molar-refractivity contribution is -0.153. The Morgan fingerprint density at radius 3 is 2.74 bits per heavy atom. The summed E-state index contributed by atoms with van der Waals surface area (Å²) in [7, 11) is 0. The molecule has 2 aliphatic heterocycles. The van der Waals surface area contributed by atoms with E-state index >= 15 is 0 Å². The fourth-order valence-electron chi connectivity index (χ4n) is 5.37. The van der Waals surface area contributed by atoms with Crippen molar-refractivity contribution < 1.29 is 19.2 Å². The maximum atomic E-state index is 14.7. The van der Waals surface area contributed by atoms with Crippen molar-refractivity contribution in [2.24, 2.45) is 0 Å².